The van der Waals surface area contributed by atoms with Crippen LogP contribution in [-0.2, 0) is 19.1 Å². The maximum Gasteiger partial charge on any atom is 0.355 e. The van der Waals surface area contributed by atoms with Crippen molar-refractivity contribution in [2.75, 3.05) is 5.32 Å². The number of rotatable bonds is 4. The van der Waals surface area contributed by atoms with E-state index < -0.39 is 18.0 Å². The van der Waals surface area contributed by atoms with Crippen LogP contribution in [0.3, 0.4) is 0 Å². The highest BCUT2D eigenvalue weighted by Crippen LogP contribution is 2.11. The van der Waals surface area contributed by atoms with Crippen LogP contribution in [0.1, 0.15) is 25.3 Å². The number of hydrazone groups is 1. The molecular formula is C15H14N4O4. The second kappa shape index (κ2) is 7.17. The molecule has 2 rings (SSSR count). The molecule has 0 unspecified atom stereocenters. The van der Waals surface area contributed by atoms with Gasteiger partial charge in [-0.2, -0.15) is 10.4 Å². The molecule has 23 heavy (non-hydrogen) atoms. The van der Waals surface area contributed by atoms with E-state index in [0.29, 0.717) is 11.3 Å². The summed E-state index contributed by atoms with van der Waals surface area (Å²) in [4.78, 5) is 34.8. The van der Waals surface area contributed by atoms with Gasteiger partial charge in [0.1, 0.15) is 5.71 Å². The summed E-state index contributed by atoms with van der Waals surface area (Å²) in [6.45, 7) is 1.42. The molecule has 0 saturated heterocycles. The lowest BCUT2D eigenvalue weighted by Crippen LogP contribution is -2.35. The van der Waals surface area contributed by atoms with Gasteiger partial charge in [0.05, 0.1) is 11.6 Å². The molecule has 0 saturated carbocycles. The number of amides is 2. The number of hydrogen-bond acceptors (Lipinski definition) is 6. The molecule has 1 aliphatic rings. The minimum Gasteiger partial charge on any atom is -0.448 e. The topological polar surface area (TPSA) is 121 Å². The number of hydrogen-bond donors (Lipinski definition) is 2. The van der Waals surface area contributed by atoms with E-state index in [0.717, 1.165) is 0 Å². The van der Waals surface area contributed by atoms with Crippen molar-refractivity contribution in [3.63, 3.8) is 0 Å². The molecule has 2 N–H and O–H groups in total. The first-order chi connectivity index (χ1) is 11.0. The largest absolute Gasteiger partial charge is 0.448 e. The lowest BCUT2D eigenvalue weighted by atomic mass is 10.2. The van der Waals surface area contributed by atoms with Gasteiger partial charge in [0.15, 0.2) is 6.10 Å². The summed E-state index contributed by atoms with van der Waals surface area (Å²) in [5.41, 5.74) is 3.08. The molecule has 0 aliphatic carbocycles. The van der Waals surface area contributed by atoms with Crippen LogP contribution < -0.4 is 10.7 Å². The Morgan fingerprint density at radius 2 is 2.22 bits per heavy atom. The summed E-state index contributed by atoms with van der Waals surface area (Å²) < 4.78 is 5.02. The SMILES string of the molecule is C[C@@H](OC(=O)C1=NNC(=O)CC1)C(=O)Nc1cccc(C#N)c1. The normalized spacial score (nSPS) is 14.8. The summed E-state index contributed by atoms with van der Waals surface area (Å²) in [5.74, 6) is -1.56. The number of nitrogens with zero attached hydrogens (tertiary/aromatic N) is 2. The molecule has 8 nitrogen and oxygen atoms in total. The fraction of sp³-hybridized carbons (Fsp3) is 0.267. The van der Waals surface area contributed by atoms with E-state index >= 15 is 0 Å². The van der Waals surface area contributed by atoms with Gasteiger partial charge in [-0.3, -0.25) is 9.59 Å². The van der Waals surface area contributed by atoms with Gasteiger partial charge in [-0.15, -0.1) is 0 Å². The second-order valence-corrected chi connectivity index (χ2v) is 4.82. The van der Waals surface area contributed by atoms with Crippen molar-refractivity contribution < 1.29 is 19.1 Å². The third kappa shape index (κ3) is 4.38. The van der Waals surface area contributed by atoms with E-state index in [-0.39, 0.29) is 24.5 Å². The highest BCUT2D eigenvalue weighted by atomic mass is 16.5. The molecule has 0 fully saturated rings. The molecule has 1 aromatic rings. The fourth-order valence-corrected chi connectivity index (χ4v) is 1.81. The standard InChI is InChI=1S/C15H14N4O4/c1-9(23-15(22)12-5-6-13(20)19-18-12)14(21)17-11-4-2-3-10(7-11)8-16/h2-4,7,9H,5-6H2,1H3,(H,17,21)(H,19,20)/t9-/m1/s1. The molecule has 1 heterocycles. The zero-order chi connectivity index (χ0) is 16.8. The number of nitriles is 1. The van der Waals surface area contributed by atoms with Crippen molar-refractivity contribution >= 4 is 29.2 Å². The minimum atomic E-state index is -1.05. The van der Waals surface area contributed by atoms with Gasteiger partial charge in [-0.1, -0.05) is 6.07 Å². The van der Waals surface area contributed by atoms with Crippen LogP contribution >= 0.6 is 0 Å². The molecule has 8 heteroatoms. The van der Waals surface area contributed by atoms with E-state index in [1.165, 1.54) is 13.0 Å². The number of carbonyl (C=O) groups excluding carboxylic acids is 3. The third-order valence-electron chi connectivity index (χ3n) is 3.05. The second-order valence-electron chi connectivity index (χ2n) is 4.82. The summed E-state index contributed by atoms with van der Waals surface area (Å²) >= 11 is 0. The molecule has 1 aromatic carbocycles. The fourth-order valence-electron chi connectivity index (χ4n) is 1.81. The monoisotopic (exact) mass is 314 g/mol. The van der Waals surface area contributed by atoms with E-state index in [1.807, 2.05) is 6.07 Å². The molecule has 1 atom stereocenters. The maximum atomic E-state index is 12.0. The van der Waals surface area contributed by atoms with E-state index in [4.69, 9.17) is 10.00 Å². The number of carbonyl (C=O) groups is 3. The summed E-state index contributed by atoms with van der Waals surface area (Å²) in [5, 5.41) is 15.0. The summed E-state index contributed by atoms with van der Waals surface area (Å²) in [7, 11) is 0. The number of nitrogens with one attached hydrogen (secondary N) is 2. The quantitative estimate of drug-likeness (QED) is 0.792. The average Bonchev–Trinajstić information content (AvgIpc) is 2.55. The molecule has 1 aliphatic heterocycles. The maximum absolute atomic E-state index is 12.0. The van der Waals surface area contributed by atoms with E-state index in [9.17, 15) is 14.4 Å². The van der Waals surface area contributed by atoms with Crippen LogP contribution in [0.4, 0.5) is 5.69 Å². The number of ether oxygens (including phenoxy) is 1. The summed E-state index contributed by atoms with van der Waals surface area (Å²) in [6.07, 6.45) is -0.729. The Labute approximate surface area is 132 Å². The van der Waals surface area contributed by atoms with Gasteiger partial charge >= 0.3 is 5.97 Å². The van der Waals surface area contributed by atoms with Gasteiger partial charge in [-0.05, 0) is 25.1 Å². The van der Waals surface area contributed by atoms with Gasteiger partial charge in [0.25, 0.3) is 5.91 Å². The predicted molar refractivity (Wildman–Crippen MR) is 80.2 cm³/mol. The first-order valence-electron chi connectivity index (χ1n) is 6.87. The van der Waals surface area contributed by atoms with Crippen molar-refractivity contribution in [3.05, 3.63) is 29.8 Å². The van der Waals surface area contributed by atoms with Gasteiger partial charge < -0.3 is 10.1 Å². The van der Waals surface area contributed by atoms with E-state index in [1.54, 1.807) is 18.2 Å². The van der Waals surface area contributed by atoms with Crippen LogP contribution in [0.25, 0.3) is 0 Å². The predicted octanol–water partition coefficient (Wildman–Crippen LogP) is 0.694. The van der Waals surface area contributed by atoms with Crippen LogP contribution in [-0.4, -0.2) is 29.6 Å². The Kier molecular flexibility index (Phi) is 5.04. The smallest absolute Gasteiger partial charge is 0.355 e. The Hall–Kier alpha value is -3.21. The molecule has 0 spiro atoms. The lowest BCUT2D eigenvalue weighted by molar-refractivity contribution is -0.146. The Morgan fingerprint density at radius 3 is 2.87 bits per heavy atom. The highest BCUT2D eigenvalue weighted by molar-refractivity contribution is 6.37. The molecule has 2 amide bonds. The molecule has 0 radical (unpaired) electrons. The minimum absolute atomic E-state index is 0.0655. The summed E-state index contributed by atoms with van der Waals surface area (Å²) in [6, 6.07) is 8.32. The Morgan fingerprint density at radius 1 is 1.43 bits per heavy atom. The van der Waals surface area contributed by atoms with Gasteiger partial charge in [0.2, 0.25) is 5.91 Å². The van der Waals surface area contributed by atoms with E-state index in [2.05, 4.69) is 15.8 Å². The molecule has 0 aromatic heterocycles. The van der Waals surface area contributed by atoms with Crippen molar-refractivity contribution in [2.45, 2.75) is 25.9 Å². The van der Waals surface area contributed by atoms with Crippen LogP contribution in [0, 0.1) is 11.3 Å². The highest BCUT2D eigenvalue weighted by Gasteiger charge is 2.24. The molecule has 0 bridgehead atoms. The van der Waals surface area contributed by atoms with Gasteiger partial charge in [0, 0.05) is 18.5 Å². The Bertz CT molecular complexity index is 720. The van der Waals surface area contributed by atoms with Crippen molar-refractivity contribution in [1.82, 2.24) is 5.43 Å². The molecule has 118 valence electrons. The van der Waals surface area contributed by atoms with Crippen molar-refractivity contribution in [3.8, 4) is 6.07 Å². The van der Waals surface area contributed by atoms with Crippen molar-refractivity contribution in [1.29, 1.82) is 5.26 Å². The first-order valence-corrected chi connectivity index (χ1v) is 6.87. The van der Waals surface area contributed by atoms with Crippen molar-refractivity contribution in [2.24, 2.45) is 5.10 Å². The number of benzene rings is 1. The third-order valence-corrected chi connectivity index (χ3v) is 3.05. The zero-order valence-electron chi connectivity index (χ0n) is 12.3. The lowest BCUT2D eigenvalue weighted by Gasteiger charge is -2.16. The number of esters is 1. The average molecular weight is 314 g/mol. The molecular weight excluding hydrogens is 300 g/mol. The van der Waals surface area contributed by atoms with Gasteiger partial charge in [-0.25, -0.2) is 10.2 Å². The number of anilines is 1. The van der Waals surface area contributed by atoms with Crippen LogP contribution in [0.2, 0.25) is 0 Å². The first kappa shape index (κ1) is 16.2. The van der Waals surface area contributed by atoms with Crippen LogP contribution in [0.5, 0.6) is 0 Å². The zero-order valence-corrected chi connectivity index (χ0v) is 12.3. The van der Waals surface area contributed by atoms with Crippen LogP contribution in [0.15, 0.2) is 29.4 Å². The Balaban J connectivity index is 1.93.